The van der Waals surface area contributed by atoms with Crippen molar-refractivity contribution in [3.05, 3.63) is 0 Å². The Balaban J connectivity index is 2.51. The lowest BCUT2D eigenvalue weighted by molar-refractivity contribution is -0.117. The Morgan fingerprint density at radius 1 is 1.46 bits per heavy atom. The van der Waals surface area contributed by atoms with Gasteiger partial charge < -0.3 is 4.90 Å². The van der Waals surface area contributed by atoms with Crippen molar-refractivity contribution in [3.63, 3.8) is 0 Å². The maximum absolute atomic E-state index is 10.5. The Kier molecular flexibility index (Phi) is 2.96. The smallest absolute Gasteiger partial charge is 0.209 e. The molecule has 1 saturated heterocycles. The van der Waals surface area contributed by atoms with E-state index in [4.69, 9.17) is 0 Å². The van der Waals surface area contributed by atoms with Crippen LogP contribution in [0.1, 0.15) is 27.2 Å². The first-order valence-electron chi connectivity index (χ1n) is 4.87. The van der Waals surface area contributed by atoms with Crippen LogP contribution < -0.4 is 0 Å². The average Bonchev–Trinajstić information content (AvgIpc) is 2.48. The zero-order valence-electron chi connectivity index (χ0n) is 9.08. The van der Waals surface area contributed by atoms with Gasteiger partial charge in [-0.05, 0) is 34.2 Å². The highest BCUT2D eigenvalue weighted by Gasteiger charge is 2.30. The van der Waals surface area contributed by atoms with Gasteiger partial charge in [0.1, 0.15) is 0 Å². The molecular formula is C10H20N2O. The first-order valence-corrected chi connectivity index (χ1v) is 4.87. The molecule has 0 radical (unpaired) electrons. The Morgan fingerprint density at radius 2 is 2.08 bits per heavy atom. The fraction of sp³-hybridized carbons (Fsp3) is 0.900. The van der Waals surface area contributed by atoms with Gasteiger partial charge in [0.25, 0.3) is 0 Å². The summed E-state index contributed by atoms with van der Waals surface area (Å²) in [5, 5.41) is 0. The molecule has 1 aliphatic rings. The Hall–Kier alpha value is -0.570. The maximum Gasteiger partial charge on any atom is 0.209 e. The molecule has 1 heterocycles. The molecule has 13 heavy (non-hydrogen) atoms. The highest BCUT2D eigenvalue weighted by molar-refractivity contribution is 5.47. The summed E-state index contributed by atoms with van der Waals surface area (Å²) in [5.74, 6) is 0. The fourth-order valence-corrected chi connectivity index (χ4v) is 1.73. The summed E-state index contributed by atoms with van der Waals surface area (Å²) in [6, 6.07) is 0.533. The molecule has 76 valence electrons. The number of carbonyl (C=O) groups excluding carboxylic acids is 1. The van der Waals surface area contributed by atoms with E-state index in [1.165, 1.54) is 0 Å². The number of hydrogen-bond donors (Lipinski definition) is 0. The molecule has 0 spiro atoms. The minimum Gasteiger partial charge on any atom is -0.344 e. The van der Waals surface area contributed by atoms with Gasteiger partial charge in [0.2, 0.25) is 6.41 Å². The van der Waals surface area contributed by atoms with Crippen molar-refractivity contribution in [2.75, 3.05) is 20.1 Å². The molecule has 1 rings (SSSR count). The van der Waals surface area contributed by atoms with Crippen LogP contribution in [0.4, 0.5) is 0 Å². The van der Waals surface area contributed by atoms with Crippen LogP contribution >= 0.6 is 0 Å². The third kappa shape index (κ3) is 2.44. The van der Waals surface area contributed by atoms with Gasteiger partial charge in [0, 0.05) is 24.7 Å². The average molecular weight is 184 g/mol. The lowest BCUT2D eigenvalue weighted by Crippen LogP contribution is -2.46. The number of nitrogens with zero attached hydrogens (tertiary/aromatic N) is 2. The van der Waals surface area contributed by atoms with E-state index >= 15 is 0 Å². The SMILES string of the molecule is CN(C1CCN(C=O)C1)C(C)(C)C. The van der Waals surface area contributed by atoms with Crippen molar-refractivity contribution in [1.82, 2.24) is 9.80 Å². The summed E-state index contributed by atoms with van der Waals surface area (Å²) in [6.07, 6.45) is 2.06. The lowest BCUT2D eigenvalue weighted by Gasteiger charge is -2.36. The minimum absolute atomic E-state index is 0.198. The van der Waals surface area contributed by atoms with Gasteiger partial charge in [-0.1, -0.05) is 0 Å². The Bertz CT molecular complexity index is 186. The van der Waals surface area contributed by atoms with Crippen LogP contribution in [0.15, 0.2) is 0 Å². The van der Waals surface area contributed by atoms with Crippen LogP contribution in [-0.2, 0) is 4.79 Å². The second-order valence-electron chi connectivity index (χ2n) is 4.82. The number of carbonyl (C=O) groups is 1. The molecule has 0 N–H and O–H groups in total. The van der Waals surface area contributed by atoms with Gasteiger partial charge in [0.15, 0.2) is 0 Å². The van der Waals surface area contributed by atoms with E-state index in [1.54, 1.807) is 0 Å². The largest absolute Gasteiger partial charge is 0.344 e. The van der Waals surface area contributed by atoms with Gasteiger partial charge in [-0.2, -0.15) is 0 Å². The summed E-state index contributed by atoms with van der Waals surface area (Å²) >= 11 is 0. The molecular weight excluding hydrogens is 164 g/mol. The highest BCUT2D eigenvalue weighted by atomic mass is 16.1. The first kappa shape index (κ1) is 10.5. The molecule has 0 aromatic rings. The first-order chi connectivity index (χ1) is 5.95. The number of rotatable bonds is 2. The van der Waals surface area contributed by atoms with E-state index < -0.39 is 0 Å². The third-order valence-electron chi connectivity index (χ3n) is 2.95. The van der Waals surface area contributed by atoms with Crippen LogP contribution in [-0.4, -0.2) is 47.9 Å². The molecule has 3 heteroatoms. The van der Waals surface area contributed by atoms with Gasteiger partial charge in [-0.25, -0.2) is 0 Å². The summed E-state index contributed by atoms with van der Waals surface area (Å²) in [7, 11) is 2.14. The van der Waals surface area contributed by atoms with Crippen molar-refractivity contribution < 1.29 is 4.79 Å². The van der Waals surface area contributed by atoms with E-state index in [9.17, 15) is 4.79 Å². The highest BCUT2D eigenvalue weighted by Crippen LogP contribution is 2.20. The molecule has 1 unspecified atom stereocenters. The molecule has 3 nitrogen and oxygen atoms in total. The van der Waals surface area contributed by atoms with Crippen molar-refractivity contribution in [1.29, 1.82) is 0 Å². The fourth-order valence-electron chi connectivity index (χ4n) is 1.73. The normalized spacial score (nSPS) is 24.1. The second-order valence-corrected chi connectivity index (χ2v) is 4.82. The molecule has 0 aromatic carbocycles. The zero-order chi connectivity index (χ0) is 10.1. The Labute approximate surface area is 80.7 Å². The predicted molar refractivity (Wildman–Crippen MR) is 53.6 cm³/mol. The number of hydrogen-bond acceptors (Lipinski definition) is 2. The van der Waals surface area contributed by atoms with Crippen molar-refractivity contribution in [2.45, 2.75) is 38.8 Å². The standard InChI is InChI=1S/C10H20N2O/c1-10(2,3)11(4)9-5-6-12(7-9)8-13/h8-9H,5-7H2,1-4H3. The van der Waals surface area contributed by atoms with Crippen LogP contribution in [0.25, 0.3) is 0 Å². The molecule has 0 aliphatic carbocycles. The second kappa shape index (κ2) is 3.66. The van der Waals surface area contributed by atoms with E-state index in [1.807, 2.05) is 4.90 Å². The van der Waals surface area contributed by atoms with Crippen molar-refractivity contribution in [3.8, 4) is 0 Å². The van der Waals surface area contributed by atoms with Crippen molar-refractivity contribution in [2.24, 2.45) is 0 Å². The molecule has 0 bridgehead atoms. The van der Waals surface area contributed by atoms with E-state index in [0.29, 0.717) is 6.04 Å². The van der Waals surface area contributed by atoms with Gasteiger partial charge in [-0.15, -0.1) is 0 Å². The van der Waals surface area contributed by atoms with Crippen LogP contribution in [0.2, 0.25) is 0 Å². The van der Waals surface area contributed by atoms with E-state index in [-0.39, 0.29) is 5.54 Å². The summed E-state index contributed by atoms with van der Waals surface area (Å²) in [5.41, 5.74) is 0.198. The summed E-state index contributed by atoms with van der Waals surface area (Å²) < 4.78 is 0. The number of likely N-dealkylation sites (tertiary alicyclic amines) is 1. The molecule has 1 aliphatic heterocycles. The molecule has 1 amide bonds. The molecule has 1 fully saturated rings. The van der Waals surface area contributed by atoms with E-state index in [0.717, 1.165) is 25.9 Å². The van der Waals surface area contributed by atoms with Gasteiger partial charge >= 0.3 is 0 Å². The molecule has 1 atom stereocenters. The molecule has 0 saturated carbocycles. The van der Waals surface area contributed by atoms with Crippen LogP contribution in [0.3, 0.4) is 0 Å². The van der Waals surface area contributed by atoms with Gasteiger partial charge in [0.05, 0.1) is 0 Å². The van der Waals surface area contributed by atoms with Gasteiger partial charge in [-0.3, -0.25) is 9.69 Å². The van der Waals surface area contributed by atoms with E-state index in [2.05, 4.69) is 32.7 Å². The van der Waals surface area contributed by atoms with Crippen molar-refractivity contribution >= 4 is 6.41 Å². The maximum atomic E-state index is 10.5. The van der Waals surface area contributed by atoms with Crippen LogP contribution in [0, 0.1) is 0 Å². The predicted octanol–water partition coefficient (Wildman–Crippen LogP) is 0.947. The summed E-state index contributed by atoms with van der Waals surface area (Å²) in [6.45, 7) is 8.41. The lowest BCUT2D eigenvalue weighted by atomic mass is 10.0. The molecule has 0 aromatic heterocycles. The minimum atomic E-state index is 0.198. The number of amides is 1. The number of likely N-dealkylation sites (N-methyl/N-ethyl adjacent to an activating group) is 1. The Morgan fingerprint density at radius 3 is 2.46 bits per heavy atom. The zero-order valence-corrected chi connectivity index (χ0v) is 9.08. The quantitative estimate of drug-likeness (QED) is 0.596. The monoisotopic (exact) mass is 184 g/mol. The third-order valence-corrected chi connectivity index (χ3v) is 2.95. The van der Waals surface area contributed by atoms with Crippen LogP contribution in [0.5, 0.6) is 0 Å². The summed E-state index contributed by atoms with van der Waals surface area (Å²) in [4.78, 5) is 14.7. The topological polar surface area (TPSA) is 23.6 Å².